The van der Waals surface area contributed by atoms with Crippen molar-refractivity contribution < 1.29 is 9.47 Å². The number of rotatable bonds is 6. The lowest BCUT2D eigenvalue weighted by Crippen LogP contribution is -2.24. The Hall–Kier alpha value is -5.65. The molecule has 5 aromatic heterocycles. The Labute approximate surface area is 280 Å². The number of fused-ring (bicyclic) bond motifs is 2. The van der Waals surface area contributed by atoms with Gasteiger partial charge >= 0.3 is 0 Å². The van der Waals surface area contributed by atoms with Gasteiger partial charge in [0, 0.05) is 58.4 Å². The number of halogens is 2. The highest BCUT2D eigenvalue weighted by Crippen LogP contribution is 2.39. The SMILES string of the molecule is COc1cc2c(=O)n(-c3ccncc3)nc(-c3ccnc(-n4nc(-c5cccnc5)c5ccccc5c4=O)c3)c2c(C)c1OC.Cl.Cl. The van der Waals surface area contributed by atoms with Crippen LogP contribution >= 0.6 is 24.8 Å². The molecule has 0 spiro atoms. The summed E-state index contributed by atoms with van der Waals surface area (Å²) >= 11 is 0. The summed E-state index contributed by atoms with van der Waals surface area (Å²) in [5.41, 5.74) is 2.97. The average Bonchev–Trinajstić information content (AvgIpc) is 3.09. The van der Waals surface area contributed by atoms with Crippen molar-refractivity contribution in [3.8, 4) is 45.5 Å². The van der Waals surface area contributed by atoms with Gasteiger partial charge in [0.2, 0.25) is 0 Å². The number of aromatic nitrogens is 7. The van der Waals surface area contributed by atoms with Crippen molar-refractivity contribution in [1.82, 2.24) is 34.5 Å². The van der Waals surface area contributed by atoms with Crippen LogP contribution in [-0.4, -0.2) is 48.7 Å². The number of methoxy groups -OCH3 is 2. The summed E-state index contributed by atoms with van der Waals surface area (Å²) in [4.78, 5) is 40.5. The normalized spacial score (nSPS) is 10.7. The maximum Gasteiger partial charge on any atom is 0.280 e. The largest absolute Gasteiger partial charge is 0.493 e. The van der Waals surface area contributed by atoms with E-state index in [1.165, 1.54) is 16.5 Å². The van der Waals surface area contributed by atoms with Gasteiger partial charge in [-0.2, -0.15) is 19.6 Å². The Bertz CT molecular complexity index is 2370. The van der Waals surface area contributed by atoms with E-state index in [4.69, 9.17) is 19.7 Å². The molecular formula is C34H27Cl2N7O4. The first-order chi connectivity index (χ1) is 22.0. The Kier molecular flexibility index (Phi) is 9.31. The predicted octanol–water partition coefficient (Wildman–Crippen LogP) is 5.77. The van der Waals surface area contributed by atoms with E-state index in [9.17, 15) is 9.59 Å². The number of hydrogen-bond donors (Lipinski definition) is 0. The molecule has 7 rings (SSSR count). The minimum atomic E-state index is -0.341. The van der Waals surface area contributed by atoms with Crippen LogP contribution in [-0.2, 0) is 0 Å². The van der Waals surface area contributed by atoms with Crippen molar-refractivity contribution in [1.29, 1.82) is 0 Å². The highest BCUT2D eigenvalue weighted by molar-refractivity contribution is 5.99. The number of hydrogen-bond acceptors (Lipinski definition) is 9. The topological polar surface area (TPSA) is 127 Å². The third kappa shape index (κ3) is 5.56. The van der Waals surface area contributed by atoms with Crippen molar-refractivity contribution in [3.05, 3.63) is 124 Å². The number of benzene rings is 2. The maximum absolute atomic E-state index is 13.9. The van der Waals surface area contributed by atoms with Gasteiger partial charge in [0.25, 0.3) is 11.1 Å². The molecule has 0 aliphatic rings. The summed E-state index contributed by atoms with van der Waals surface area (Å²) in [7, 11) is 3.07. The zero-order chi connectivity index (χ0) is 31.1. The van der Waals surface area contributed by atoms with Gasteiger partial charge in [0.1, 0.15) is 5.69 Å². The van der Waals surface area contributed by atoms with Gasteiger partial charge in [-0.05, 0) is 55.5 Å². The van der Waals surface area contributed by atoms with E-state index in [0.29, 0.717) is 61.2 Å². The molecule has 0 atom stereocenters. The highest BCUT2D eigenvalue weighted by Gasteiger charge is 2.22. The molecule has 0 fully saturated rings. The van der Waals surface area contributed by atoms with E-state index in [-0.39, 0.29) is 41.8 Å². The second kappa shape index (κ2) is 13.4. The fraction of sp³-hybridized carbons (Fsp3) is 0.0882. The summed E-state index contributed by atoms with van der Waals surface area (Å²) in [6, 6.07) is 19.6. The maximum atomic E-state index is 13.9. The molecule has 0 N–H and O–H groups in total. The second-order valence-electron chi connectivity index (χ2n) is 10.2. The molecule has 0 unspecified atom stereocenters. The Morgan fingerprint density at radius 3 is 2.09 bits per heavy atom. The Morgan fingerprint density at radius 1 is 0.660 bits per heavy atom. The van der Waals surface area contributed by atoms with Gasteiger partial charge < -0.3 is 9.47 Å². The Balaban J connectivity index is 0.00000217. The van der Waals surface area contributed by atoms with Crippen LogP contribution in [0.15, 0.2) is 107 Å². The molecule has 0 aliphatic heterocycles. The highest BCUT2D eigenvalue weighted by atomic mass is 35.5. The van der Waals surface area contributed by atoms with E-state index in [1.54, 1.807) is 74.5 Å². The van der Waals surface area contributed by atoms with Gasteiger partial charge in [0.05, 0.1) is 36.4 Å². The summed E-state index contributed by atoms with van der Waals surface area (Å²) in [5, 5.41) is 11.8. The van der Waals surface area contributed by atoms with Gasteiger partial charge in [-0.1, -0.05) is 18.2 Å². The first kappa shape index (κ1) is 32.7. The zero-order valence-electron chi connectivity index (χ0n) is 25.3. The van der Waals surface area contributed by atoms with Crippen LogP contribution in [0.4, 0.5) is 0 Å². The van der Waals surface area contributed by atoms with Gasteiger partial charge in [-0.3, -0.25) is 19.6 Å². The van der Waals surface area contributed by atoms with Crippen molar-refractivity contribution in [3.63, 3.8) is 0 Å². The van der Waals surface area contributed by atoms with Crippen molar-refractivity contribution in [2.75, 3.05) is 14.2 Å². The van der Waals surface area contributed by atoms with Crippen LogP contribution in [0, 0.1) is 6.92 Å². The zero-order valence-corrected chi connectivity index (χ0v) is 27.0. The van der Waals surface area contributed by atoms with E-state index in [0.717, 1.165) is 5.56 Å². The van der Waals surface area contributed by atoms with Crippen LogP contribution in [0.1, 0.15) is 5.56 Å². The molecule has 0 bridgehead atoms. The Morgan fingerprint density at radius 2 is 1.38 bits per heavy atom. The minimum absolute atomic E-state index is 0. The molecule has 0 saturated heterocycles. The third-order valence-corrected chi connectivity index (χ3v) is 7.65. The van der Waals surface area contributed by atoms with E-state index >= 15 is 0 Å². The second-order valence-corrected chi connectivity index (χ2v) is 10.2. The smallest absolute Gasteiger partial charge is 0.280 e. The van der Waals surface area contributed by atoms with Crippen LogP contribution in [0.3, 0.4) is 0 Å². The van der Waals surface area contributed by atoms with Gasteiger partial charge in [-0.25, -0.2) is 4.98 Å². The molecule has 0 radical (unpaired) electrons. The molecule has 0 aliphatic carbocycles. The lowest BCUT2D eigenvalue weighted by molar-refractivity contribution is 0.354. The van der Waals surface area contributed by atoms with Gasteiger partial charge in [0.15, 0.2) is 17.3 Å². The first-order valence-corrected chi connectivity index (χ1v) is 14.0. The lowest BCUT2D eigenvalue weighted by Gasteiger charge is -2.17. The summed E-state index contributed by atoms with van der Waals surface area (Å²) in [6.45, 7) is 1.85. The van der Waals surface area contributed by atoms with Gasteiger partial charge in [-0.15, -0.1) is 24.8 Å². The van der Waals surface area contributed by atoms with E-state index in [2.05, 4.69) is 15.0 Å². The summed E-state index contributed by atoms with van der Waals surface area (Å²) < 4.78 is 13.9. The monoisotopic (exact) mass is 667 g/mol. The van der Waals surface area contributed by atoms with Crippen LogP contribution in [0.5, 0.6) is 11.5 Å². The molecule has 13 heteroatoms. The molecule has 0 amide bonds. The molecule has 236 valence electrons. The van der Waals surface area contributed by atoms with Crippen LogP contribution < -0.4 is 20.6 Å². The predicted molar refractivity (Wildman–Crippen MR) is 185 cm³/mol. The van der Waals surface area contributed by atoms with Crippen molar-refractivity contribution in [2.24, 2.45) is 0 Å². The van der Waals surface area contributed by atoms with E-state index in [1.807, 2.05) is 37.3 Å². The average molecular weight is 669 g/mol. The number of nitrogens with zero attached hydrogens (tertiary/aromatic N) is 7. The van der Waals surface area contributed by atoms with Crippen molar-refractivity contribution >= 4 is 46.4 Å². The van der Waals surface area contributed by atoms with Crippen LogP contribution in [0.2, 0.25) is 0 Å². The number of aryl methyl sites for hydroxylation is 1. The van der Waals surface area contributed by atoms with Crippen LogP contribution in [0.25, 0.3) is 55.6 Å². The quantitative estimate of drug-likeness (QED) is 0.217. The first-order valence-electron chi connectivity index (χ1n) is 14.0. The molecule has 11 nitrogen and oxygen atoms in total. The summed E-state index contributed by atoms with van der Waals surface area (Å²) in [5.74, 6) is 1.18. The summed E-state index contributed by atoms with van der Waals surface area (Å²) in [6.07, 6.45) is 8.16. The number of ether oxygens (including phenoxy) is 2. The molecular weight excluding hydrogens is 641 g/mol. The van der Waals surface area contributed by atoms with E-state index < -0.39 is 0 Å². The molecule has 47 heavy (non-hydrogen) atoms. The molecule has 5 heterocycles. The fourth-order valence-electron chi connectivity index (χ4n) is 5.56. The van der Waals surface area contributed by atoms with Crippen molar-refractivity contribution in [2.45, 2.75) is 6.92 Å². The number of pyridine rings is 3. The molecule has 7 aromatic rings. The minimum Gasteiger partial charge on any atom is -0.493 e. The lowest BCUT2D eigenvalue weighted by atomic mass is 9.99. The fourth-order valence-corrected chi connectivity index (χ4v) is 5.56. The standard InChI is InChI=1S/C34H25N7O4.2ClH/c1-20-29-26(18-27(44-2)32(20)45-3)34(43)40(23-11-14-35-15-12-23)39-31(29)21-10-16-37-28(17-21)41-33(42)25-9-5-4-8-24(25)30(38-41)22-7-6-13-36-19-22;;/h4-19H,1-3H3;2*1H. The molecule has 2 aromatic carbocycles. The molecule has 0 saturated carbocycles. The third-order valence-electron chi connectivity index (χ3n) is 7.65.